The average molecular weight is 270 g/mol. The van der Waals surface area contributed by atoms with Gasteiger partial charge in [0, 0.05) is 0 Å². The second-order valence-electron chi connectivity index (χ2n) is 5.25. The first-order chi connectivity index (χ1) is 9.57. The molecule has 2 rings (SSSR count). The second-order valence-corrected chi connectivity index (χ2v) is 5.25. The fraction of sp³-hybridized carbons (Fsp3) is 0.333. The molecule has 0 radical (unpaired) electrons. The SMILES string of the molecule is CCCc1cccc(C(C)(O)c2cccc(OC)c2)c1. The zero-order valence-corrected chi connectivity index (χ0v) is 12.4. The maximum atomic E-state index is 10.9. The van der Waals surface area contributed by atoms with Gasteiger partial charge in [-0.1, -0.05) is 49.7 Å². The standard InChI is InChI=1S/C18H22O2/c1-4-7-14-8-5-9-15(12-14)18(2,19)16-10-6-11-17(13-16)20-3/h5-6,8-13,19H,4,7H2,1-3H3. The minimum absolute atomic E-state index is 0.757. The number of aliphatic hydroxyl groups is 1. The van der Waals surface area contributed by atoms with Gasteiger partial charge in [0.2, 0.25) is 0 Å². The highest BCUT2D eigenvalue weighted by atomic mass is 16.5. The van der Waals surface area contributed by atoms with E-state index in [0.717, 1.165) is 29.7 Å². The smallest absolute Gasteiger partial charge is 0.119 e. The molecular weight excluding hydrogens is 248 g/mol. The maximum absolute atomic E-state index is 10.9. The van der Waals surface area contributed by atoms with E-state index in [1.165, 1.54) is 5.56 Å². The molecule has 0 bridgehead atoms. The third-order valence-electron chi connectivity index (χ3n) is 3.66. The molecule has 1 N–H and O–H groups in total. The Kier molecular flexibility index (Phi) is 4.46. The molecule has 0 heterocycles. The van der Waals surface area contributed by atoms with Crippen molar-refractivity contribution in [3.05, 3.63) is 65.2 Å². The van der Waals surface area contributed by atoms with Crippen molar-refractivity contribution < 1.29 is 9.84 Å². The summed E-state index contributed by atoms with van der Waals surface area (Å²) in [5.74, 6) is 0.757. The highest BCUT2D eigenvalue weighted by Crippen LogP contribution is 2.31. The number of ether oxygens (including phenoxy) is 1. The summed E-state index contributed by atoms with van der Waals surface area (Å²) in [6.45, 7) is 3.99. The summed E-state index contributed by atoms with van der Waals surface area (Å²) < 4.78 is 5.24. The Hall–Kier alpha value is -1.80. The molecule has 0 saturated carbocycles. The van der Waals surface area contributed by atoms with Crippen molar-refractivity contribution in [2.24, 2.45) is 0 Å². The zero-order chi connectivity index (χ0) is 14.6. The number of hydrogen-bond donors (Lipinski definition) is 1. The molecule has 2 aromatic carbocycles. The van der Waals surface area contributed by atoms with Crippen LogP contribution in [-0.2, 0) is 12.0 Å². The molecule has 0 saturated heterocycles. The lowest BCUT2D eigenvalue weighted by atomic mass is 9.87. The van der Waals surface area contributed by atoms with Crippen LogP contribution in [0.2, 0.25) is 0 Å². The summed E-state index contributed by atoms with van der Waals surface area (Å²) in [7, 11) is 1.63. The molecule has 20 heavy (non-hydrogen) atoms. The van der Waals surface area contributed by atoms with Crippen molar-refractivity contribution in [2.45, 2.75) is 32.3 Å². The van der Waals surface area contributed by atoms with Gasteiger partial charge < -0.3 is 9.84 Å². The third-order valence-corrected chi connectivity index (χ3v) is 3.66. The van der Waals surface area contributed by atoms with Crippen LogP contribution in [0.3, 0.4) is 0 Å². The van der Waals surface area contributed by atoms with E-state index in [0.29, 0.717) is 0 Å². The molecule has 0 fully saturated rings. The molecule has 0 aliphatic carbocycles. The van der Waals surface area contributed by atoms with Gasteiger partial charge in [-0.25, -0.2) is 0 Å². The Labute approximate surface area is 121 Å². The lowest BCUT2D eigenvalue weighted by Gasteiger charge is -2.25. The molecular formula is C18H22O2. The van der Waals surface area contributed by atoms with Crippen molar-refractivity contribution in [1.29, 1.82) is 0 Å². The van der Waals surface area contributed by atoms with Crippen LogP contribution in [0.5, 0.6) is 5.75 Å². The molecule has 0 amide bonds. The molecule has 106 valence electrons. The summed E-state index contributed by atoms with van der Waals surface area (Å²) >= 11 is 0. The molecule has 2 nitrogen and oxygen atoms in total. The van der Waals surface area contributed by atoms with Crippen LogP contribution in [0, 0.1) is 0 Å². The fourth-order valence-electron chi connectivity index (χ4n) is 2.41. The molecule has 1 unspecified atom stereocenters. The van der Waals surface area contributed by atoms with Gasteiger partial charge in [-0.15, -0.1) is 0 Å². The van der Waals surface area contributed by atoms with Crippen LogP contribution in [0.4, 0.5) is 0 Å². The predicted octanol–water partition coefficient (Wildman–Crippen LogP) is 3.90. The van der Waals surface area contributed by atoms with Gasteiger partial charge in [-0.05, 0) is 42.2 Å². The molecule has 0 aliphatic rings. The van der Waals surface area contributed by atoms with E-state index in [2.05, 4.69) is 19.1 Å². The van der Waals surface area contributed by atoms with E-state index in [4.69, 9.17) is 4.74 Å². The van der Waals surface area contributed by atoms with E-state index in [-0.39, 0.29) is 0 Å². The number of methoxy groups -OCH3 is 1. The Morgan fingerprint density at radius 3 is 2.35 bits per heavy atom. The highest BCUT2D eigenvalue weighted by molar-refractivity contribution is 5.40. The van der Waals surface area contributed by atoms with Crippen LogP contribution >= 0.6 is 0 Å². The Morgan fingerprint density at radius 1 is 1.05 bits per heavy atom. The van der Waals surface area contributed by atoms with Crippen molar-refractivity contribution in [2.75, 3.05) is 7.11 Å². The summed E-state index contributed by atoms with van der Waals surface area (Å²) in [4.78, 5) is 0. The first-order valence-electron chi connectivity index (χ1n) is 7.04. The molecule has 0 aromatic heterocycles. The zero-order valence-electron chi connectivity index (χ0n) is 12.4. The summed E-state index contributed by atoms with van der Waals surface area (Å²) in [5, 5.41) is 10.9. The second kappa shape index (κ2) is 6.10. The molecule has 2 heteroatoms. The third kappa shape index (κ3) is 3.02. The highest BCUT2D eigenvalue weighted by Gasteiger charge is 2.26. The first kappa shape index (κ1) is 14.6. The van der Waals surface area contributed by atoms with Crippen LogP contribution < -0.4 is 4.74 Å². The fourth-order valence-corrected chi connectivity index (χ4v) is 2.41. The monoisotopic (exact) mass is 270 g/mol. The average Bonchev–Trinajstić information content (AvgIpc) is 2.48. The quantitative estimate of drug-likeness (QED) is 0.892. The van der Waals surface area contributed by atoms with Gasteiger partial charge in [0.1, 0.15) is 11.4 Å². The van der Waals surface area contributed by atoms with E-state index in [9.17, 15) is 5.11 Å². The van der Waals surface area contributed by atoms with Gasteiger partial charge in [-0.3, -0.25) is 0 Å². The number of aryl methyl sites for hydroxylation is 1. The van der Waals surface area contributed by atoms with Crippen LogP contribution in [0.25, 0.3) is 0 Å². The van der Waals surface area contributed by atoms with Gasteiger partial charge in [0.25, 0.3) is 0 Å². The minimum atomic E-state index is -1.02. The number of benzene rings is 2. The van der Waals surface area contributed by atoms with Crippen molar-refractivity contribution in [3.8, 4) is 5.75 Å². The lowest BCUT2D eigenvalue weighted by molar-refractivity contribution is 0.102. The van der Waals surface area contributed by atoms with E-state index in [1.54, 1.807) is 7.11 Å². The van der Waals surface area contributed by atoms with E-state index in [1.807, 2.05) is 43.3 Å². The Bertz CT molecular complexity index is 573. The minimum Gasteiger partial charge on any atom is -0.497 e. The summed E-state index contributed by atoms with van der Waals surface area (Å²) in [6.07, 6.45) is 2.13. The largest absolute Gasteiger partial charge is 0.497 e. The van der Waals surface area contributed by atoms with Gasteiger partial charge in [0.15, 0.2) is 0 Å². The van der Waals surface area contributed by atoms with E-state index < -0.39 is 5.60 Å². The molecule has 1 atom stereocenters. The Morgan fingerprint density at radius 2 is 1.70 bits per heavy atom. The van der Waals surface area contributed by atoms with Crippen LogP contribution in [-0.4, -0.2) is 12.2 Å². The van der Waals surface area contributed by atoms with Crippen LogP contribution in [0.15, 0.2) is 48.5 Å². The van der Waals surface area contributed by atoms with Crippen LogP contribution in [0.1, 0.15) is 37.0 Å². The van der Waals surface area contributed by atoms with Crippen molar-refractivity contribution >= 4 is 0 Å². The number of rotatable bonds is 5. The van der Waals surface area contributed by atoms with Gasteiger partial charge >= 0.3 is 0 Å². The topological polar surface area (TPSA) is 29.5 Å². The van der Waals surface area contributed by atoms with Gasteiger partial charge in [0.05, 0.1) is 7.11 Å². The Balaban J connectivity index is 2.40. The summed E-state index contributed by atoms with van der Waals surface area (Å²) in [6, 6.07) is 15.8. The maximum Gasteiger partial charge on any atom is 0.119 e. The van der Waals surface area contributed by atoms with Crippen molar-refractivity contribution in [3.63, 3.8) is 0 Å². The molecule has 0 aliphatic heterocycles. The lowest BCUT2D eigenvalue weighted by Crippen LogP contribution is -2.22. The number of hydrogen-bond acceptors (Lipinski definition) is 2. The normalized spacial score (nSPS) is 13.8. The molecule has 0 spiro atoms. The van der Waals surface area contributed by atoms with Crippen molar-refractivity contribution in [1.82, 2.24) is 0 Å². The first-order valence-corrected chi connectivity index (χ1v) is 7.04. The summed E-state index contributed by atoms with van der Waals surface area (Å²) in [5.41, 5.74) is 1.99. The predicted molar refractivity (Wildman–Crippen MR) is 82.1 cm³/mol. The van der Waals surface area contributed by atoms with E-state index >= 15 is 0 Å². The molecule has 2 aromatic rings. The van der Waals surface area contributed by atoms with Gasteiger partial charge in [-0.2, -0.15) is 0 Å².